The number of benzene rings is 1. The van der Waals surface area contributed by atoms with Crippen molar-refractivity contribution in [3.05, 3.63) is 47.5 Å². The number of nitrogens with zero attached hydrogens (tertiary/aromatic N) is 3. The van der Waals surface area contributed by atoms with Crippen LogP contribution >= 0.6 is 11.3 Å². The Labute approximate surface area is 140 Å². The zero-order valence-electron chi connectivity index (χ0n) is 13.1. The van der Waals surface area contributed by atoms with E-state index in [-0.39, 0.29) is 11.9 Å². The van der Waals surface area contributed by atoms with E-state index < -0.39 is 0 Å². The van der Waals surface area contributed by atoms with Gasteiger partial charge in [0.2, 0.25) is 5.91 Å². The third-order valence-corrected chi connectivity index (χ3v) is 4.99. The van der Waals surface area contributed by atoms with Crippen LogP contribution in [0.2, 0.25) is 0 Å². The minimum Gasteiger partial charge on any atom is -0.346 e. The van der Waals surface area contributed by atoms with E-state index in [1.165, 1.54) is 0 Å². The van der Waals surface area contributed by atoms with Crippen LogP contribution in [-0.4, -0.2) is 42.0 Å². The van der Waals surface area contributed by atoms with Crippen molar-refractivity contribution in [2.45, 2.75) is 18.9 Å². The first-order valence-corrected chi connectivity index (χ1v) is 8.85. The van der Waals surface area contributed by atoms with Crippen LogP contribution in [0, 0.1) is 0 Å². The van der Waals surface area contributed by atoms with Gasteiger partial charge in [0.15, 0.2) is 5.13 Å². The fraction of sp³-hybridized carbons (Fsp3) is 0.412. The summed E-state index contributed by atoms with van der Waals surface area (Å²) in [6.45, 7) is 3.31. The highest BCUT2D eigenvalue weighted by Gasteiger charge is 2.22. The van der Waals surface area contributed by atoms with Crippen molar-refractivity contribution < 1.29 is 4.79 Å². The van der Waals surface area contributed by atoms with E-state index in [0.717, 1.165) is 43.3 Å². The van der Waals surface area contributed by atoms with Crippen molar-refractivity contribution in [1.29, 1.82) is 0 Å². The predicted octanol–water partition coefficient (Wildman–Crippen LogP) is 2.27. The van der Waals surface area contributed by atoms with Crippen LogP contribution in [0.3, 0.4) is 0 Å². The fourth-order valence-electron chi connectivity index (χ4n) is 2.87. The topological polar surface area (TPSA) is 62.5 Å². The molecular weight excluding hydrogens is 308 g/mol. The maximum atomic E-state index is 12.5. The zero-order valence-corrected chi connectivity index (χ0v) is 13.9. The van der Waals surface area contributed by atoms with E-state index in [2.05, 4.69) is 9.88 Å². The van der Waals surface area contributed by atoms with Gasteiger partial charge in [-0.15, -0.1) is 11.3 Å². The summed E-state index contributed by atoms with van der Waals surface area (Å²) in [7, 11) is 0. The minimum absolute atomic E-state index is 0.141. The lowest BCUT2D eigenvalue weighted by Crippen LogP contribution is -2.36. The normalized spacial score (nSPS) is 16.9. The van der Waals surface area contributed by atoms with Crippen molar-refractivity contribution in [1.82, 2.24) is 9.88 Å². The van der Waals surface area contributed by atoms with E-state index in [1.54, 1.807) is 11.3 Å². The minimum atomic E-state index is -0.234. The van der Waals surface area contributed by atoms with Crippen LogP contribution in [0.5, 0.6) is 0 Å². The van der Waals surface area contributed by atoms with Crippen molar-refractivity contribution in [3.63, 3.8) is 0 Å². The highest BCUT2D eigenvalue weighted by Crippen LogP contribution is 2.20. The summed E-state index contributed by atoms with van der Waals surface area (Å²) in [6.07, 6.45) is 3.15. The first-order chi connectivity index (χ1) is 11.2. The largest absolute Gasteiger partial charge is 0.346 e. The summed E-state index contributed by atoms with van der Waals surface area (Å²) in [4.78, 5) is 21.1. The molecule has 23 heavy (non-hydrogen) atoms. The molecule has 122 valence electrons. The Morgan fingerprint density at radius 3 is 2.78 bits per heavy atom. The molecule has 0 saturated carbocycles. The molecule has 0 aliphatic carbocycles. The Morgan fingerprint density at radius 1 is 1.22 bits per heavy atom. The number of rotatable bonds is 4. The molecule has 6 heteroatoms. The number of thiazole rings is 1. The molecule has 1 aromatic heterocycles. The number of amides is 1. The quantitative estimate of drug-likeness (QED) is 0.934. The van der Waals surface area contributed by atoms with Crippen LogP contribution in [0.25, 0.3) is 0 Å². The second-order valence-corrected chi connectivity index (χ2v) is 6.63. The van der Waals surface area contributed by atoms with Crippen molar-refractivity contribution in [2.75, 3.05) is 31.1 Å². The summed E-state index contributed by atoms with van der Waals surface area (Å²) < 4.78 is 0. The third-order valence-electron chi connectivity index (χ3n) is 4.16. The fourth-order valence-corrected chi connectivity index (χ4v) is 3.56. The Kier molecular flexibility index (Phi) is 5.25. The summed E-state index contributed by atoms with van der Waals surface area (Å²) in [6, 6.07) is 9.59. The Hall–Kier alpha value is -1.92. The lowest BCUT2D eigenvalue weighted by molar-refractivity contribution is -0.131. The number of carbonyl (C=O) groups is 1. The standard InChI is InChI=1S/C17H22N4OS/c18-15(14-5-2-1-3-6-14)13-16(22)20-8-4-9-21(11-10-20)17-19-7-12-23-17/h1-3,5-7,12,15H,4,8-11,13,18H2. The molecule has 0 spiro atoms. The third kappa shape index (κ3) is 4.09. The molecule has 0 bridgehead atoms. The Balaban J connectivity index is 1.56. The molecule has 2 N–H and O–H groups in total. The lowest BCUT2D eigenvalue weighted by Gasteiger charge is -2.23. The number of hydrogen-bond acceptors (Lipinski definition) is 5. The molecule has 1 fully saturated rings. The average Bonchev–Trinajstić information content (AvgIpc) is 3.00. The van der Waals surface area contributed by atoms with Crippen LogP contribution in [-0.2, 0) is 4.79 Å². The highest BCUT2D eigenvalue weighted by molar-refractivity contribution is 7.13. The van der Waals surface area contributed by atoms with Crippen LogP contribution in [0.4, 0.5) is 5.13 Å². The van der Waals surface area contributed by atoms with Crippen molar-refractivity contribution >= 4 is 22.4 Å². The van der Waals surface area contributed by atoms with Gasteiger partial charge < -0.3 is 15.5 Å². The number of nitrogens with two attached hydrogens (primary N) is 1. The van der Waals surface area contributed by atoms with Gasteiger partial charge >= 0.3 is 0 Å². The van der Waals surface area contributed by atoms with E-state index in [1.807, 2.05) is 46.8 Å². The molecule has 1 saturated heterocycles. The lowest BCUT2D eigenvalue weighted by atomic mass is 10.0. The molecule has 5 nitrogen and oxygen atoms in total. The van der Waals surface area contributed by atoms with Crippen LogP contribution < -0.4 is 10.6 Å². The predicted molar refractivity (Wildman–Crippen MR) is 93.5 cm³/mol. The van der Waals surface area contributed by atoms with Gasteiger partial charge in [-0.2, -0.15) is 0 Å². The van der Waals surface area contributed by atoms with E-state index in [4.69, 9.17) is 5.73 Å². The number of aromatic nitrogens is 1. The highest BCUT2D eigenvalue weighted by atomic mass is 32.1. The van der Waals surface area contributed by atoms with Gasteiger partial charge in [-0.05, 0) is 12.0 Å². The van der Waals surface area contributed by atoms with Gasteiger partial charge in [0.25, 0.3) is 0 Å². The van der Waals surface area contributed by atoms with Crippen LogP contribution in [0.1, 0.15) is 24.4 Å². The Bertz CT molecular complexity index is 617. The van der Waals surface area contributed by atoms with E-state index in [0.29, 0.717) is 6.42 Å². The maximum Gasteiger partial charge on any atom is 0.224 e. The average molecular weight is 330 g/mol. The van der Waals surface area contributed by atoms with Gasteiger partial charge in [0.05, 0.1) is 0 Å². The molecule has 1 aliphatic heterocycles. The SMILES string of the molecule is NC(CC(=O)N1CCCN(c2nccs2)CC1)c1ccccc1. The molecule has 0 radical (unpaired) electrons. The number of hydrogen-bond donors (Lipinski definition) is 1. The first kappa shape index (κ1) is 16.0. The van der Waals surface area contributed by atoms with Crippen molar-refractivity contribution in [2.24, 2.45) is 5.73 Å². The summed E-state index contributed by atoms with van der Waals surface area (Å²) >= 11 is 1.65. The number of carbonyl (C=O) groups excluding carboxylic acids is 1. The summed E-state index contributed by atoms with van der Waals surface area (Å²) in [5.41, 5.74) is 7.19. The molecular formula is C17H22N4OS. The molecule has 1 amide bonds. The second kappa shape index (κ2) is 7.57. The molecule has 1 aromatic carbocycles. The summed E-state index contributed by atoms with van der Waals surface area (Å²) in [5, 5.41) is 3.03. The molecule has 1 aliphatic rings. The Morgan fingerprint density at radius 2 is 2.04 bits per heavy atom. The summed E-state index contributed by atoms with van der Waals surface area (Å²) in [5.74, 6) is 0.141. The van der Waals surface area contributed by atoms with Gasteiger partial charge in [0.1, 0.15) is 0 Å². The maximum absolute atomic E-state index is 12.5. The molecule has 3 rings (SSSR count). The molecule has 1 unspecified atom stereocenters. The van der Waals surface area contributed by atoms with Gasteiger partial charge in [-0.3, -0.25) is 4.79 Å². The van der Waals surface area contributed by atoms with Gasteiger partial charge in [0, 0.05) is 50.2 Å². The van der Waals surface area contributed by atoms with Gasteiger partial charge in [-0.25, -0.2) is 4.98 Å². The first-order valence-electron chi connectivity index (χ1n) is 7.97. The zero-order chi connectivity index (χ0) is 16.1. The molecule has 2 aromatic rings. The van der Waals surface area contributed by atoms with E-state index >= 15 is 0 Å². The van der Waals surface area contributed by atoms with E-state index in [9.17, 15) is 4.79 Å². The van der Waals surface area contributed by atoms with Crippen LogP contribution in [0.15, 0.2) is 41.9 Å². The smallest absolute Gasteiger partial charge is 0.224 e. The van der Waals surface area contributed by atoms with Gasteiger partial charge in [-0.1, -0.05) is 30.3 Å². The molecule has 1 atom stereocenters. The monoisotopic (exact) mass is 330 g/mol. The van der Waals surface area contributed by atoms with Crippen molar-refractivity contribution in [3.8, 4) is 0 Å². The number of anilines is 1. The molecule has 2 heterocycles. The second-order valence-electron chi connectivity index (χ2n) is 5.76.